The minimum atomic E-state index is -0.599. The van der Waals surface area contributed by atoms with Crippen molar-refractivity contribution in [1.29, 1.82) is 0 Å². The zero-order valence-corrected chi connectivity index (χ0v) is 21.4. The number of carbonyl (C=O) groups excluding carboxylic acids is 3. The first-order chi connectivity index (χ1) is 14.3. The lowest BCUT2D eigenvalue weighted by Crippen LogP contribution is -2.59. The summed E-state index contributed by atoms with van der Waals surface area (Å²) in [7, 11) is 1.77. The lowest BCUT2D eigenvalue weighted by atomic mass is 9.91. The first-order valence-corrected chi connectivity index (χ1v) is 11.8. The SMILES string of the molecule is CC(=O)/C(C)=C/C(C(C)C)N(C)C(=O)C(NC(=O)C1CCC(C)CN1C(C)C)C(C)C. The Bertz CT molecular complexity index is 669. The third kappa shape index (κ3) is 7.44. The average molecular weight is 436 g/mol. The number of nitrogens with one attached hydrogen (secondary N) is 1. The number of rotatable bonds is 9. The second-order valence-electron chi connectivity index (χ2n) is 10.3. The maximum Gasteiger partial charge on any atom is 0.245 e. The van der Waals surface area contributed by atoms with Crippen LogP contribution in [0.1, 0.15) is 75.2 Å². The number of nitrogens with zero attached hydrogens (tertiary/aromatic N) is 2. The fourth-order valence-corrected chi connectivity index (χ4v) is 4.29. The number of likely N-dealkylation sites (tertiary alicyclic amines) is 1. The number of allylic oxidation sites excluding steroid dienone is 1. The highest BCUT2D eigenvalue weighted by Gasteiger charge is 2.37. The molecule has 6 nitrogen and oxygen atoms in total. The van der Waals surface area contributed by atoms with Gasteiger partial charge < -0.3 is 10.2 Å². The number of likely N-dealkylation sites (N-methyl/N-ethyl adjacent to an activating group) is 1. The average Bonchev–Trinajstić information content (AvgIpc) is 2.67. The van der Waals surface area contributed by atoms with Gasteiger partial charge in [-0.1, -0.05) is 40.7 Å². The summed E-state index contributed by atoms with van der Waals surface area (Å²) in [5.41, 5.74) is 0.646. The van der Waals surface area contributed by atoms with Crippen molar-refractivity contribution in [3.05, 3.63) is 11.6 Å². The molecule has 1 aliphatic heterocycles. The molecule has 0 aliphatic carbocycles. The number of piperidine rings is 1. The Morgan fingerprint density at radius 3 is 2.03 bits per heavy atom. The van der Waals surface area contributed by atoms with Crippen molar-refractivity contribution in [2.45, 2.75) is 99.3 Å². The number of hydrogen-bond donors (Lipinski definition) is 1. The third-order valence-corrected chi connectivity index (χ3v) is 6.51. The van der Waals surface area contributed by atoms with Crippen LogP contribution in [0.15, 0.2) is 11.6 Å². The second-order valence-corrected chi connectivity index (χ2v) is 10.3. The molecule has 4 atom stereocenters. The van der Waals surface area contributed by atoms with Gasteiger partial charge in [0, 0.05) is 19.6 Å². The quantitative estimate of drug-likeness (QED) is 0.561. The van der Waals surface area contributed by atoms with E-state index in [1.54, 1.807) is 18.9 Å². The van der Waals surface area contributed by atoms with Crippen LogP contribution in [-0.2, 0) is 14.4 Å². The first kappa shape index (κ1) is 27.3. The van der Waals surface area contributed by atoms with E-state index in [0.717, 1.165) is 19.4 Å². The van der Waals surface area contributed by atoms with Crippen molar-refractivity contribution in [3.8, 4) is 0 Å². The Morgan fingerprint density at radius 1 is 1.00 bits per heavy atom. The van der Waals surface area contributed by atoms with Gasteiger partial charge in [-0.3, -0.25) is 19.3 Å². The van der Waals surface area contributed by atoms with Crippen molar-refractivity contribution < 1.29 is 14.4 Å². The fourth-order valence-electron chi connectivity index (χ4n) is 4.29. The lowest BCUT2D eigenvalue weighted by Gasteiger charge is -2.41. The van der Waals surface area contributed by atoms with E-state index >= 15 is 0 Å². The molecule has 0 spiro atoms. The van der Waals surface area contributed by atoms with E-state index in [1.807, 2.05) is 33.8 Å². The summed E-state index contributed by atoms with van der Waals surface area (Å²) in [6.07, 6.45) is 3.70. The fraction of sp³-hybridized carbons (Fsp3) is 0.800. The zero-order chi connectivity index (χ0) is 24.0. The molecule has 0 aromatic carbocycles. The second kappa shape index (κ2) is 11.8. The summed E-state index contributed by atoms with van der Waals surface area (Å²) in [4.78, 5) is 42.4. The molecule has 1 heterocycles. The van der Waals surface area contributed by atoms with Gasteiger partial charge in [-0.2, -0.15) is 0 Å². The van der Waals surface area contributed by atoms with Gasteiger partial charge in [-0.05, 0) is 63.9 Å². The normalized spacial score (nSPS) is 22.5. The molecule has 1 saturated heterocycles. The van der Waals surface area contributed by atoms with Crippen LogP contribution in [0.5, 0.6) is 0 Å². The Morgan fingerprint density at radius 2 is 1.58 bits per heavy atom. The van der Waals surface area contributed by atoms with Gasteiger partial charge in [0.2, 0.25) is 11.8 Å². The Labute approximate surface area is 189 Å². The van der Waals surface area contributed by atoms with E-state index < -0.39 is 6.04 Å². The molecule has 1 rings (SSSR count). The molecular formula is C25H45N3O3. The van der Waals surface area contributed by atoms with E-state index in [-0.39, 0.29) is 47.6 Å². The minimum absolute atomic E-state index is 0.000477. The molecule has 6 heteroatoms. The first-order valence-electron chi connectivity index (χ1n) is 11.8. The molecule has 0 aromatic heterocycles. The highest BCUT2D eigenvalue weighted by atomic mass is 16.2. The van der Waals surface area contributed by atoms with Gasteiger partial charge in [0.1, 0.15) is 6.04 Å². The topological polar surface area (TPSA) is 69.7 Å². The van der Waals surface area contributed by atoms with Crippen LogP contribution in [0, 0.1) is 17.8 Å². The summed E-state index contributed by atoms with van der Waals surface area (Å²) in [6.45, 7) is 18.7. The van der Waals surface area contributed by atoms with E-state index in [0.29, 0.717) is 11.5 Å². The molecular weight excluding hydrogens is 390 g/mol. The van der Waals surface area contributed by atoms with Crippen LogP contribution in [-0.4, -0.2) is 65.2 Å². The Hall–Kier alpha value is -1.69. The number of carbonyl (C=O) groups is 3. The number of amides is 2. The third-order valence-electron chi connectivity index (χ3n) is 6.51. The smallest absolute Gasteiger partial charge is 0.245 e. The van der Waals surface area contributed by atoms with Gasteiger partial charge in [0.25, 0.3) is 0 Å². The summed E-state index contributed by atoms with van der Waals surface area (Å²) < 4.78 is 0. The van der Waals surface area contributed by atoms with Crippen LogP contribution in [0.3, 0.4) is 0 Å². The van der Waals surface area contributed by atoms with Gasteiger partial charge in [0.15, 0.2) is 5.78 Å². The zero-order valence-electron chi connectivity index (χ0n) is 21.4. The Kier molecular flexibility index (Phi) is 10.4. The number of hydrogen-bond acceptors (Lipinski definition) is 4. The maximum atomic E-state index is 13.5. The van der Waals surface area contributed by atoms with E-state index in [1.165, 1.54) is 6.92 Å². The molecule has 1 aliphatic rings. The summed E-state index contributed by atoms with van der Waals surface area (Å²) in [5, 5.41) is 3.08. The largest absolute Gasteiger partial charge is 0.343 e. The lowest BCUT2D eigenvalue weighted by molar-refractivity contribution is -0.140. The number of Topliss-reactive ketones (excluding diaryl/α,β-unsaturated/α-hetero) is 1. The molecule has 31 heavy (non-hydrogen) atoms. The van der Waals surface area contributed by atoms with Gasteiger partial charge in [-0.15, -0.1) is 0 Å². The predicted octanol–water partition coefficient (Wildman–Crippen LogP) is 3.65. The summed E-state index contributed by atoms with van der Waals surface area (Å²) in [5.74, 6) is 0.499. The van der Waals surface area contributed by atoms with Crippen LogP contribution in [0.2, 0.25) is 0 Å². The molecule has 4 unspecified atom stereocenters. The van der Waals surface area contributed by atoms with E-state index in [4.69, 9.17) is 0 Å². The van der Waals surface area contributed by atoms with Crippen molar-refractivity contribution in [3.63, 3.8) is 0 Å². The Balaban J connectivity index is 3.06. The molecule has 0 saturated carbocycles. The van der Waals surface area contributed by atoms with Crippen molar-refractivity contribution in [2.24, 2.45) is 17.8 Å². The van der Waals surface area contributed by atoms with E-state index in [2.05, 4.69) is 31.0 Å². The van der Waals surface area contributed by atoms with Crippen LogP contribution >= 0.6 is 0 Å². The molecule has 1 N–H and O–H groups in total. The van der Waals surface area contributed by atoms with Gasteiger partial charge in [0.05, 0.1) is 12.1 Å². The molecule has 0 radical (unpaired) electrons. The van der Waals surface area contributed by atoms with Crippen molar-refractivity contribution >= 4 is 17.6 Å². The van der Waals surface area contributed by atoms with Crippen LogP contribution < -0.4 is 5.32 Å². The highest BCUT2D eigenvalue weighted by molar-refractivity contribution is 5.93. The highest BCUT2D eigenvalue weighted by Crippen LogP contribution is 2.24. The minimum Gasteiger partial charge on any atom is -0.343 e. The summed E-state index contributed by atoms with van der Waals surface area (Å²) >= 11 is 0. The monoisotopic (exact) mass is 435 g/mol. The van der Waals surface area contributed by atoms with E-state index in [9.17, 15) is 14.4 Å². The van der Waals surface area contributed by atoms with Crippen LogP contribution in [0.25, 0.3) is 0 Å². The molecule has 2 amide bonds. The standard InChI is InChI=1S/C25H45N3O3/c1-15(2)22(13-19(8)20(9)29)27(10)25(31)23(16(3)4)26-24(30)21-12-11-18(7)14-28(21)17(5)6/h13,15-18,21-23H,11-12,14H2,1-10H3,(H,26,30)/b19-13+. The predicted molar refractivity (Wildman–Crippen MR) is 127 cm³/mol. The van der Waals surface area contributed by atoms with Crippen LogP contribution in [0.4, 0.5) is 0 Å². The maximum absolute atomic E-state index is 13.5. The number of ketones is 1. The van der Waals surface area contributed by atoms with Crippen molar-refractivity contribution in [1.82, 2.24) is 15.1 Å². The molecule has 178 valence electrons. The van der Waals surface area contributed by atoms with Gasteiger partial charge in [-0.25, -0.2) is 0 Å². The molecule has 0 bridgehead atoms. The molecule has 0 aromatic rings. The molecule has 1 fully saturated rings. The van der Waals surface area contributed by atoms with Crippen molar-refractivity contribution in [2.75, 3.05) is 13.6 Å². The van der Waals surface area contributed by atoms with Gasteiger partial charge >= 0.3 is 0 Å². The summed E-state index contributed by atoms with van der Waals surface area (Å²) in [6, 6.07) is -0.730.